The summed E-state index contributed by atoms with van der Waals surface area (Å²) in [4.78, 5) is 7.99. The summed E-state index contributed by atoms with van der Waals surface area (Å²) in [5.41, 5.74) is 4.31. The molecule has 0 aliphatic rings. The Morgan fingerprint density at radius 1 is 1.43 bits per heavy atom. The first-order chi connectivity index (χ1) is 10.1. The van der Waals surface area contributed by atoms with Crippen molar-refractivity contribution in [3.63, 3.8) is 0 Å². The van der Waals surface area contributed by atoms with Gasteiger partial charge in [0.15, 0.2) is 0 Å². The van der Waals surface area contributed by atoms with E-state index in [4.69, 9.17) is 11.6 Å². The highest BCUT2D eigenvalue weighted by molar-refractivity contribution is 7.09. The molecular formula is C16H22ClN3S. The van der Waals surface area contributed by atoms with Gasteiger partial charge >= 0.3 is 0 Å². The highest BCUT2D eigenvalue weighted by Gasteiger charge is 2.12. The lowest BCUT2D eigenvalue weighted by Crippen LogP contribution is -2.25. The third-order valence-corrected chi connectivity index (χ3v) is 4.81. The van der Waals surface area contributed by atoms with E-state index in [1.807, 2.05) is 30.8 Å². The van der Waals surface area contributed by atoms with Crippen LogP contribution in [0.15, 0.2) is 29.8 Å². The normalized spacial score (nSPS) is 12.8. The Kier molecular flexibility index (Phi) is 6.18. The number of halogens is 1. The largest absolute Gasteiger partial charge is 0.313 e. The molecule has 1 aromatic heterocycles. The molecule has 0 saturated carbocycles. The number of benzene rings is 1. The van der Waals surface area contributed by atoms with Crippen molar-refractivity contribution in [2.24, 2.45) is 0 Å². The monoisotopic (exact) mass is 323 g/mol. The van der Waals surface area contributed by atoms with Crippen LogP contribution in [0.1, 0.15) is 28.6 Å². The molecule has 1 unspecified atom stereocenters. The molecule has 0 saturated heterocycles. The molecule has 2 rings (SSSR count). The summed E-state index contributed by atoms with van der Waals surface area (Å²) < 4.78 is 0. The van der Waals surface area contributed by atoms with E-state index in [2.05, 4.69) is 35.2 Å². The summed E-state index contributed by atoms with van der Waals surface area (Å²) in [7, 11) is 4.16. The van der Waals surface area contributed by atoms with Crippen LogP contribution in [0.25, 0.3) is 0 Å². The summed E-state index contributed by atoms with van der Waals surface area (Å²) >= 11 is 7.81. The van der Waals surface area contributed by atoms with Crippen molar-refractivity contribution in [3.05, 3.63) is 50.9 Å². The Morgan fingerprint density at radius 2 is 2.24 bits per heavy atom. The fraction of sp³-hybridized carbons (Fsp3) is 0.438. The van der Waals surface area contributed by atoms with E-state index in [0.717, 1.165) is 30.2 Å². The Balaban J connectivity index is 1.89. The number of hydrogen-bond acceptors (Lipinski definition) is 4. The molecule has 1 atom stereocenters. The van der Waals surface area contributed by atoms with Gasteiger partial charge in [-0.3, -0.25) is 0 Å². The van der Waals surface area contributed by atoms with Gasteiger partial charge in [0.25, 0.3) is 0 Å². The highest BCUT2D eigenvalue weighted by Crippen LogP contribution is 2.21. The zero-order chi connectivity index (χ0) is 15.2. The van der Waals surface area contributed by atoms with Gasteiger partial charge in [0.1, 0.15) is 0 Å². The Morgan fingerprint density at radius 3 is 2.86 bits per heavy atom. The van der Waals surface area contributed by atoms with Gasteiger partial charge in [-0.25, -0.2) is 4.98 Å². The summed E-state index contributed by atoms with van der Waals surface area (Å²) in [5.74, 6) is 0. The van der Waals surface area contributed by atoms with E-state index in [1.165, 1.54) is 10.4 Å². The Hall–Kier alpha value is -0.940. The van der Waals surface area contributed by atoms with E-state index in [9.17, 15) is 0 Å². The third-order valence-electron chi connectivity index (χ3n) is 3.66. The fourth-order valence-electron chi connectivity index (χ4n) is 2.35. The van der Waals surface area contributed by atoms with Crippen LogP contribution in [0.5, 0.6) is 0 Å². The van der Waals surface area contributed by atoms with Gasteiger partial charge < -0.3 is 10.2 Å². The first-order valence-electron chi connectivity index (χ1n) is 7.10. The summed E-state index contributed by atoms with van der Waals surface area (Å²) in [6.45, 7) is 4.06. The molecule has 5 heteroatoms. The molecule has 2 aromatic rings. The first-order valence-corrected chi connectivity index (χ1v) is 8.36. The Labute approximate surface area is 136 Å². The lowest BCUT2D eigenvalue weighted by molar-refractivity contribution is 0.305. The summed E-state index contributed by atoms with van der Waals surface area (Å²) in [6.07, 6.45) is 1.05. The van der Waals surface area contributed by atoms with Crippen LogP contribution < -0.4 is 5.32 Å². The average molecular weight is 324 g/mol. The quantitative estimate of drug-likeness (QED) is 0.838. The van der Waals surface area contributed by atoms with Crippen molar-refractivity contribution >= 4 is 22.9 Å². The van der Waals surface area contributed by atoms with Crippen LogP contribution in [0.3, 0.4) is 0 Å². The summed E-state index contributed by atoms with van der Waals surface area (Å²) in [6, 6.07) is 8.41. The first kappa shape index (κ1) is 16.4. The molecule has 114 valence electrons. The van der Waals surface area contributed by atoms with Gasteiger partial charge in [0.2, 0.25) is 0 Å². The van der Waals surface area contributed by atoms with E-state index < -0.39 is 0 Å². The van der Waals surface area contributed by atoms with Crippen LogP contribution in [-0.4, -0.2) is 30.5 Å². The zero-order valence-electron chi connectivity index (χ0n) is 12.8. The molecular weight excluding hydrogens is 302 g/mol. The second-order valence-corrected chi connectivity index (χ2v) is 6.66. The van der Waals surface area contributed by atoms with E-state index >= 15 is 0 Å². The Bertz CT molecular complexity index is 570. The van der Waals surface area contributed by atoms with Gasteiger partial charge in [0.05, 0.1) is 11.2 Å². The van der Waals surface area contributed by atoms with Crippen LogP contribution in [-0.2, 0) is 6.54 Å². The van der Waals surface area contributed by atoms with Crippen molar-refractivity contribution in [3.8, 4) is 0 Å². The van der Waals surface area contributed by atoms with Crippen molar-refractivity contribution in [2.45, 2.75) is 25.9 Å². The number of aromatic nitrogens is 1. The van der Waals surface area contributed by atoms with E-state index in [1.54, 1.807) is 11.3 Å². The van der Waals surface area contributed by atoms with Gasteiger partial charge in [-0.05, 0) is 45.1 Å². The molecule has 0 amide bonds. The fourth-order valence-corrected chi connectivity index (χ4v) is 3.41. The van der Waals surface area contributed by atoms with Crippen molar-refractivity contribution in [1.29, 1.82) is 0 Å². The molecule has 3 nitrogen and oxygen atoms in total. The number of hydrogen-bond donors (Lipinski definition) is 1. The minimum atomic E-state index is 0.328. The lowest BCUT2D eigenvalue weighted by Gasteiger charge is -2.21. The second kappa shape index (κ2) is 7.90. The number of nitrogens with zero attached hydrogens (tertiary/aromatic N) is 2. The topological polar surface area (TPSA) is 28.2 Å². The number of aryl methyl sites for hydroxylation is 1. The summed E-state index contributed by atoms with van der Waals surface area (Å²) in [5, 5.41) is 4.17. The van der Waals surface area contributed by atoms with Crippen molar-refractivity contribution in [2.75, 3.05) is 20.6 Å². The molecule has 0 spiro atoms. The van der Waals surface area contributed by atoms with Crippen LogP contribution in [0.4, 0.5) is 0 Å². The van der Waals surface area contributed by atoms with Crippen LogP contribution >= 0.6 is 22.9 Å². The van der Waals surface area contributed by atoms with Crippen LogP contribution in [0, 0.1) is 6.92 Å². The second-order valence-electron chi connectivity index (χ2n) is 5.28. The minimum Gasteiger partial charge on any atom is -0.313 e. The molecule has 0 fully saturated rings. The zero-order valence-corrected chi connectivity index (χ0v) is 14.3. The average Bonchev–Trinajstić information content (AvgIpc) is 2.85. The number of thiazole rings is 1. The van der Waals surface area contributed by atoms with Crippen LogP contribution in [0.2, 0.25) is 5.02 Å². The van der Waals surface area contributed by atoms with Gasteiger partial charge in [-0.2, -0.15) is 0 Å². The predicted molar refractivity (Wildman–Crippen MR) is 91.1 cm³/mol. The molecule has 0 radical (unpaired) electrons. The van der Waals surface area contributed by atoms with Gasteiger partial charge in [-0.15, -0.1) is 11.3 Å². The molecule has 0 aliphatic heterocycles. The molecule has 0 aliphatic carbocycles. The predicted octanol–water partition coefficient (Wildman–Crippen LogP) is 3.89. The van der Waals surface area contributed by atoms with E-state index in [0.29, 0.717) is 6.04 Å². The maximum Gasteiger partial charge on any atom is 0.0798 e. The molecule has 21 heavy (non-hydrogen) atoms. The SMILES string of the molecule is CNC(CCN(C)Cc1scnc1C)c1cccc(Cl)c1. The van der Waals surface area contributed by atoms with Crippen molar-refractivity contribution in [1.82, 2.24) is 15.2 Å². The van der Waals surface area contributed by atoms with E-state index in [-0.39, 0.29) is 0 Å². The maximum atomic E-state index is 6.08. The maximum absolute atomic E-state index is 6.08. The third kappa shape index (κ3) is 4.78. The van der Waals surface area contributed by atoms with Gasteiger partial charge in [0, 0.05) is 29.0 Å². The highest BCUT2D eigenvalue weighted by atomic mass is 35.5. The minimum absolute atomic E-state index is 0.328. The van der Waals surface area contributed by atoms with Crippen molar-refractivity contribution < 1.29 is 0 Å². The lowest BCUT2D eigenvalue weighted by atomic mass is 10.0. The standard InChI is InChI=1S/C16H22ClN3S/c1-12-16(21-11-19-12)10-20(3)8-7-15(18-2)13-5-4-6-14(17)9-13/h4-6,9,11,15,18H,7-8,10H2,1-3H3. The molecule has 1 heterocycles. The molecule has 1 aromatic carbocycles. The smallest absolute Gasteiger partial charge is 0.0798 e. The number of nitrogens with one attached hydrogen (secondary N) is 1. The molecule has 0 bridgehead atoms. The van der Waals surface area contributed by atoms with Gasteiger partial charge in [-0.1, -0.05) is 23.7 Å². The molecule has 1 N–H and O–H groups in total. The number of rotatable bonds is 7.